The van der Waals surface area contributed by atoms with Crippen LogP contribution in [0.25, 0.3) is 0 Å². The average molecular weight is 263 g/mol. The summed E-state index contributed by atoms with van der Waals surface area (Å²) in [6, 6.07) is 5.24. The van der Waals surface area contributed by atoms with Crippen LogP contribution in [0, 0.1) is 0 Å². The minimum atomic E-state index is -0.411. The van der Waals surface area contributed by atoms with Gasteiger partial charge in [-0.1, -0.05) is 41.0 Å². The quantitative estimate of drug-likeness (QED) is 0.471. The molecule has 0 bridgehead atoms. The summed E-state index contributed by atoms with van der Waals surface area (Å²) in [7, 11) is 1.32. The van der Waals surface area contributed by atoms with Crippen molar-refractivity contribution in [2.24, 2.45) is 0 Å². The summed E-state index contributed by atoms with van der Waals surface area (Å²) in [6.07, 6.45) is 1.31. The molecule has 0 aliphatic heterocycles. The Bertz CT molecular complexity index is 371. The van der Waals surface area contributed by atoms with Crippen LogP contribution in [0.5, 0.6) is 0 Å². The second-order valence-corrected chi connectivity index (χ2v) is 4.23. The fourth-order valence-electron chi connectivity index (χ4n) is 0.821. The zero-order chi connectivity index (χ0) is 11.3. The Labute approximate surface area is 102 Å². The van der Waals surface area contributed by atoms with Gasteiger partial charge in [0.1, 0.15) is 0 Å². The number of hydrogen-bond donors (Lipinski definition) is 0. The molecule has 0 spiro atoms. The molecule has 0 unspecified atom stereocenters. The van der Waals surface area contributed by atoms with Gasteiger partial charge >= 0.3 is 5.97 Å². The van der Waals surface area contributed by atoms with Gasteiger partial charge in [-0.2, -0.15) is 0 Å². The third kappa shape index (κ3) is 3.78. The van der Waals surface area contributed by atoms with E-state index in [1.807, 2.05) is 0 Å². The lowest BCUT2D eigenvalue weighted by Gasteiger charge is -2.01. The number of thioether (sulfide) groups is 1. The maximum absolute atomic E-state index is 10.8. The molecule has 1 rings (SSSR count). The summed E-state index contributed by atoms with van der Waals surface area (Å²) in [5.74, 6) is -0.411. The highest BCUT2D eigenvalue weighted by Gasteiger charge is 2.03. The predicted octanol–water partition coefficient (Wildman–Crippen LogP) is 3.77. The van der Waals surface area contributed by atoms with Crippen LogP contribution in [0.3, 0.4) is 0 Å². The molecule has 15 heavy (non-hydrogen) atoms. The Morgan fingerprint density at radius 2 is 2.00 bits per heavy atom. The summed E-state index contributed by atoms with van der Waals surface area (Å²) < 4.78 is 4.44. The molecule has 0 aliphatic rings. The highest BCUT2D eigenvalue weighted by Crippen LogP contribution is 2.34. The van der Waals surface area contributed by atoms with Gasteiger partial charge in [0.25, 0.3) is 0 Å². The van der Waals surface area contributed by atoms with Crippen LogP contribution in [0.15, 0.2) is 34.6 Å². The normalized spacial score (nSPS) is 10.6. The van der Waals surface area contributed by atoms with Gasteiger partial charge in [0.05, 0.1) is 17.2 Å². The average Bonchev–Trinajstić information content (AvgIpc) is 2.22. The molecule has 1 aromatic rings. The number of benzene rings is 1. The Kier molecular flexibility index (Phi) is 5.02. The lowest BCUT2D eigenvalue weighted by atomic mass is 10.4. The van der Waals surface area contributed by atoms with Gasteiger partial charge in [-0.05, 0) is 17.5 Å². The van der Waals surface area contributed by atoms with Crippen molar-refractivity contribution >= 4 is 40.9 Å². The van der Waals surface area contributed by atoms with E-state index >= 15 is 0 Å². The molecule has 0 radical (unpaired) electrons. The third-order valence-electron chi connectivity index (χ3n) is 1.51. The minimum absolute atomic E-state index is 0.411. The monoisotopic (exact) mass is 262 g/mol. The maximum atomic E-state index is 10.8. The number of methoxy groups -OCH3 is 1. The molecule has 80 valence electrons. The molecular weight excluding hydrogens is 255 g/mol. The third-order valence-corrected chi connectivity index (χ3v) is 3.31. The van der Waals surface area contributed by atoms with Crippen molar-refractivity contribution in [3.63, 3.8) is 0 Å². The molecule has 0 aromatic heterocycles. The predicted molar refractivity (Wildman–Crippen MR) is 63.5 cm³/mol. The molecule has 0 saturated heterocycles. The number of esters is 1. The second kappa shape index (κ2) is 6.05. The van der Waals surface area contributed by atoms with E-state index in [0.717, 1.165) is 4.90 Å². The molecule has 0 amide bonds. The van der Waals surface area contributed by atoms with Gasteiger partial charge < -0.3 is 4.74 Å². The summed E-state index contributed by atoms with van der Waals surface area (Å²) in [5, 5.41) is 2.70. The van der Waals surface area contributed by atoms with E-state index in [2.05, 4.69) is 4.74 Å². The van der Waals surface area contributed by atoms with Crippen LogP contribution in [-0.4, -0.2) is 13.1 Å². The topological polar surface area (TPSA) is 26.3 Å². The first-order valence-electron chi connectivity index (χ1n) is 4.00. The van der Waals surface area contributed by atoms with Crippen LogP contribution in [0.1, 0.15) is 0 Å². The Hall–Kier alpha value is -0.640. The van der Waals surface area contributed by atoms with E-state index in [1.54, 1.807) is 23.6 Å². The van der Waals surface area contributed by atoms with Gasteiger partial charge in [-0.25, -0.2) is 4.79 Å². The number of carbonyl (C=O) groups excluding carboxylic acids is 1. The van der Waals surface area contributed by atoms with Crippen molar-refractivity contribution in [1.29, 1.82) is 0 Å². The van der Waals surface area contributed by atoms with E-state index < -0.39 is 5.97 Å². The van der Waals surface area contributed by atoms with Gasteiger partial charge in [0.15, 0.2) is 0 Å². The summed E-state index contributed by atoms with van der Waals surface area (Å²) in [5.41, 5.74) is 0. The van der Waals surface area contributed by atoms with E-state index in [1.165, 1.54) is 24.9 Å². The number of hydrogen-bond acceptors (Lipinski definition) is 3. The zero-order valence-corrected chi connectivity index (χ0v) is 10.2. The van der Waals surface area contributed by atoms with Crippen LogP contribution in [0.4, 0.5) is 0 Å². The van der Waals surface area contributed by atoms with Crippen LogP contribution in [0.2, 0.25) is 10.0 Å². The molecule has 0 saturated carbocycles. The number of carbonyl (C=O) groups is 1. The summed E-state index contributed by atoms with van der Waals surface area (Å²) in [4.78, 5) is 11.5. The number of ether oxygens (including phenoxy) is 1. The standard InChI is InChI=1S/C10H8Cl2O2S/c1-14-9(13)5-6-15-10-7(11)3-2-4-8(10)12/h2-6H,1H3. The molecule has 1 aromatic carbocycles. The van der Waals surface area contributed by atoms with Crippen molar-refractivity contribution in [2.45, 2.75) is 4.90 Å². The van der Waals surface area contributed by atoms with E-state index in [4.69, 9.17) is 23.2 Å². The van der Waals surface area contributed by atoms with Crippen LogP contribution in [-0.2, 0) is 9.53 Å². The van der Waals surface area contributed by atoms with E-state index in [-0.39, 0.29) is 0 Å². The fourth-order valence-corrected chi connectivity index (χ4v) is 2.16. The molecule has 5 heteroatoms. The van der Waals surface area contributed by atoms with Gasteiger partial charge in [-0.3, -0.25) is 0 Å². The lowest BCUT2D eigenvalue weighted by molar-refractivity contribution is -0.134. The van der Waals surface area contributed by atoms with Gasteiger partial charge in [-0.15, -0.1) is 0 Å². The highest BCUT2D eigenvalue weighted by molar-refractivity contribution is 8.02. The molecule has 0 aliphatic carbocycles. The maximum Gasteiger partial charge on any atom is 0.330 e. The summed E-state index contributed by atoms with van der Waals surface area (Å²) >= 11 is 13.1. The Balaban J connectivity index is 2.73. The summed E-state index contributed by atoms with van der Waals surface area (Å²) in [6.45, 7) is 0. The van der Waals surface area contributed by atoms with Gasteiger partial charge in [0.2, 0.25) is 0 Å². The Morgan fingerprint density at radius 3 is 2.53 bits per heavy atom. The smallest absolute Gasteiger partial charge is 0.330 e. The van der Waals surface area contributed by atoms with E-state index in [0.29, 0.717) is 10.0 Å². The van der Waals surface area contributed by atoms with Crippen molar-refractivity contribution < 1.29 is 9.53 Å². The van der Waals surface area contributed by atoms with Gasteiger partial charge in [0, 0.05) is 11.0 Å². The largest absolute Gasteiger partial charge is 0.466 e. The molecular formula is C10H8Cl2O2S. The molecule has 0 fully saturated rings. The second-order valence-electron chi connectivity index (χ2n) is 2.49. The van der Waals surface area contributed by atoms with E-state index in [9.17, 15) is 4.79 Å². The van der Waals surface area contributed by atoms with Crippen molar-refractivity contribution in [1.82, 2.24) is 0 Å². The first kappa shape index (κ1) is 12.4. The van der Waals surface area contributed by atoms with Crippen molar-refractivity contribution in [3.05, 3.63) is 39.7 Å². The number of rotatable bonds is 3. The SMILES string of the molecule is COC(=O)C=CSc1c(Cl)cccc1Cl. The van der Waals surface area contributed by atoms with Crippen LogP contribution >= 0.6 is 35.0 Å². The first-order valence-corrected chi connectivity index (χ1v) is 5.64. The number of halogens is 2. The lowest BCUT2D eigenvalue weighted by Crippen LogP contribution is -1.92. The first-order chi connectivity index (χ1) is 7.15. The highest BCUT2D eigenvalue weighted by atomic mass is 35.5. The molecule has 2 nitrogen and oxygen atoms in total. The van der Waals surface area contributed by atoms with Crippen molar-refractivity contribution in [3.8, 4) is 0 Å². The zero-order valence-electron chi connectivity index (χ0n) is 7.87. The molecule has 0 N–H and O–H groups in total. The minimum Gasteiger partial charge on any atom is -0.466 e. The fraction of sp³-hybridized carbons (Fsp3) is 0.100. The molecule has 0 atom stereocenters. The van der Waals surface area contributed by atoms with Crippen molar-refractivity contribution in [2.75, 3.05) is 7.11 Å². The molecule has 0 heterocycles. The Morgan fingerprint density at radius 1 is 1.40 bits per heavy atom. The van der Waals surface area contributed by atoms with Crippen LogP contribution < -0.4 is 0 Å².